The van der Waals surface area contributed by atoms with Crippen LogP contribution in [0.4, 0.5) is 0 Å². The van der Waals surface area contributed by atoms with E-state index in [0.717, 1.165) is 13.2 Å². The van der Waals surface area contributed by atoms with Crippen LogP contribution in [-0.4, -0.2) is 38.8 Å². The number of likely N-dealkylation sites (N-methyl/N-ethyl adjacent to an activating group) is 1. The van der Waals surface area contributed by atoms with Crippen LogP contribution in [0.3, 0.4) is 0 Å². The van der Waals surface area contributed by atoms with Crippen molar-refractivity contribution in [3.8, 4) is 0 Å². The molecule has 2 nitrogen and oxygen atoms in total. The first-order chi connectivity index (χ1) is 6.81. The van der Waals surface area contributed by atoms with Gasteiger partial charge >= 0.3 is 0 Å². The summed E-state index contributed by atoms with van der Waals surface area (Å²) in [4.78, 5) is 2.30. The van der Waals surface area contributed by atoms with Crippen LogP contribution < -0.4 is 0 Å². The summed E-state index contributed by atoms with van der Waals surface area (Å²) < 4.78 is 4.95. The Labute approximate surface area is 91.6 Å². The van der Waals surface area contributed by atoms with Crippen molar-refractivity contribution in [2.45, 2.75) is 47.5 Å². The summed E-state index contributed by atoms with van der Waals surface area (Å²) >= 11 is 0. The fourth-order valence-electron chi connectivity index (χ4n) is 0.787. The first kappa shape index (κ1) is 19.5. The van der Waals surface area contributed by atoms with E-state index < -0.39 is 0 Å². The summed E-state index contributed by atoms with van der Waals surface area (Å²) in [5.74, 6) is 0. The van der Waals surface area contributed by atoms with Gasteiger partial charge in [0.1, 0.15) is 0 Å². The largest absolute Gasteiger partial charge is 0.383 e. The van der Waals surface area contributed by atoms with Gasteiger partial charge in [-0.1, -0.05) is 41.0 Å². The molecule has 0 aromatic rings. The zero-order valence-electron chi connectivity index (χ0n) is 11.4. The predicted octanol–water partition coefficient (Wildman–Crippen LogP) is 3.42. The second-order valence-corrected chi connectivity index (χ2v) is 2.65. The van der Waals surface area contributed by atoms with Gasteiger partial charge in [0.25, 0.3) is 0 Å². The average molecular weight is 205 g/mol. The molecular formula is C12H31NO. The maximum absolute atomic E-state index is 4.95. The number of rotatable bonds is 6. The van der Waals surface area contributed by atoms with E-state index in [2.05, 4.69) is 18.9 Å². The summed E-state index contributed by atoms with van der Waals surface area (Å²) in [6.07, 6.45) is 2.57. The molecule has 0 saturated heterocycles. The van der Waals surface area contributed by atoms with Gasteiger partial charge in [-0.2, -0.15) is 0 Å². The van der Waals surface area contributed by atoms with Gasteiger partial charge < -0.3 is 9.64 Å². The molecule has 0 saturated carbocycles. The van der Waals surface area contributed by atoms with Crippen molar-refractivity contribution in [3.05, 3.63) is 0 Å². The highest BCUT2D eigenvalue weighted by molar-refractivity contribution is 4.48. The Morgan fingerprint density at radius 2 is 1.50 bits per heavy atom. The van der Waals surface area contributed by atoms with E-state index in [4.69, 9.17) is 4.74 Å². The number of unbranched alkanes of at least 4 members (excludes halogenated alkanes) is 1. The molecular weight excluding hydrogens is 174 g/mol. The third-order valence-corrected chi connectivity index (χ3v) is 1.57. The lowest BCUT2D eigenvalue weighted by molar-refractivity contribution is 0.160. The Bertz CT molecular complexity index is 59.3. The van der Waals surface area contributed by atoms with Crippen LogP contribution in [0.2, 0.25) is 0 Å². The van der Waals surface area contributed by atoms with Crippen molar-refractivity contribution in [1.82, 2.24) is 4.90 Å². The average Bonchev–Trinajstić information content (AvgIpc) is 2.29. The molecule has 0 aliphatic rings. The molecule has 0 bridgehead atoms. The number of nitrogens with zero attached hydrogens (tertiary/aromatic N) is 1. The number of methoxy groups -OCH3 is 1. The molecule has 0 spiro atoms. The Morgan fingerprint density at radius 1 is 1.00 bits per heavy atom. The van der Waals surface area contributed by atoms with Crippen molar-refractivity contribution in [2.24, 2.45) is 0 Å². The van der Waals surface area contributed by atoms with E-state index in [1.54, 1.807) is 7.11 Å². The third-order valence-electron chi connectivity index (χ3n) is 1.57. The minimum atomic E-state index is 0.847. The zero-order valence-corrected chi connectivity index (χ0v) is 11.4. The van der Waals surface area contributed by atoms with E-state index >= 15 is 0 Å². The van der Waals surface area contributed by atoms with E-state index in [0.29, 0.717) is 0 Å². The van der Waals surface area contributed by atoms with Crippen LogP contribution >= 0.6 is 0 Å². The fourth-order valence-corrected chi connectivity index (χ4v) is 0.787. The third kappa shape index (κ3) is 22.7. The van der Waals surface area contributed by atoms with Crippen molar-refractivity contribution in [1.29, 1.82) is 0 Å². The molecule has 0 aromatic carbocycles. The van der Waals surface area contributed by atoms with E-state index in [1.165, 1.54) is 19.4 Å². The van der Waals surface area contributed by atoms with Crippen LogP contribution in [0.25, 0.3) is 0 Å². The van der Waals surface area contributed by atoms with Gasteiger partial charge in [-0.25, -0.2) is 0 Å². The first-order valence-electron chi connectivity index (χ1n) is 5.98. The summed E-state index contributed by atoms with van der Waals surface area (Å²) in [6.45, 7) is 13.3. The highest BCUT2D eigenvalue weighted by atomic mass is 16.5. The molecule has 14 heavy (non-hydrogen) atoms. The predicted molar refractivity (Wildman–Crippen MR) is 67.0 cm³/mol. The minimum Gasteiger partial charge on any atom is -0.383 e. The number of hydrogen-bond acceptors (Lipinski definition) is 2. The molecule has 0 N–H and O–H groups in total. The van der Waals surface area contributed by atoms with Gasteiger partial charge in [0.05, 0.1) is 6.61 Å². The molecule has 0 rings (SSSR count). The van der Waals surface area contributed by atoms with Crippen LogP contribution in [-0.2, 0) is 4.74 Å². The smallest absolute Gasteiger partial charge is 0.0589 e. The van der Waals surface area contributed by atoms with Crippen molar-refractivity contribution in [2.75, 3.05) is 33.9 Å². The second kappa shape index (κ2) is 23.1. The van der Waals surface area contributed by atoms with E-state index in [-0.39, 0.29) is 0 Å². The Kier molecular flexibility index (Phi) is 32.1. The van der Waals surface area contributed by atoms with Gasteiger partial charge in [0, 0.05) is 13.7 Å². The lowest BCUT2D eigenvalue weighted by atomic mass is 10.3. The molecule has 0 aliphatic heterocycles. The lowest BCUT2D eigenvalue weighted by Crippen LogP contribution is -2.23. The second-order valence-electron chi connectivity index (χ2n) is 2.65. The van der Waals surface area contributed by atoms with Gasteiger partial charge in [0.15, 0.2) is 0 Å². The van der Waals surface area contributed by atoms with Crippen LogP contribution in [0.1, 0.15) is 47.5 Å². The monoisotopic (exact) mass is 205 g/mol. The molecule has 0 aromatic heterocycles. The molecule has 2 heteroatoms. The van der Waals surface area contributed by atoms with Crippen LogP contribution in [0.15, 0.2) is 0 Å². The first-order valence-corrected chi connectivity index (χ1v) is 5.98. The standard InChI is InChI=1S/C8H19NO.2C2H6/c1-4-5-6-9(2)7-8-10-3;2*1-2/h4-8H2,1-3H3;2*1-2H3. The van der Waals surface area contributed by atoms with Crippen LogP contribution in [0, 0.1) is 0 Å². The molecule has 0 atom stereocenters. The lowest BCUT2D eigenvalue weighted by Gasteiger charge is -2.14. The summed E-state index contributed by atoms with van der Waals surface area (Å²) in [5, 5.41) is 0. The molecule has 0 radical (unpaired) electrons. The fraction of sp³-hybridized carbons (Fsp3) is 1.00. The van der Waals surface area contributed by atoms with Gasteiger partial charge in [-0.15, -0.1) is 0 Å². The number of hydrogen-bond donors (Lipinski definition) is 0. The van der Waals surface area contributed by atoms with Gasteiger partial charge in [0.2, 0.25) is 0 Å². The van der Waals surface area contributed by atoms with Gasteiger partial charge in [-0.05, 0) is 20.0 Å². The Hall–Kier alpha value is -0.0800. The summed E-state index contributed by atoms with van der Waals surface area (Å²) in [6, 6.07) is 0. The molecule has 90 valence electrons. The molecule has 0 unspecified atom stereocenters. The zero-order chi connectivity index (χ0) is 11.8. The summed E-state index contributed by atoms with van der Waals surface area (Å²) in [7, 11) is 3.88. The highest BCUT2D eigenvalue weighted by Crippen LogP contribution is 1.90. The van der Waals surface area contributed by atoms with E-state index in [9.17, 15) is 0 Å². The quantitative estimate of drug-likeness (QED) is 0.659. The number of ether oxygens (including phenoxy) is 1. The van der Waals surface area contributed by atoms with Gasteiger partial charge in [-0.3, -0.25) is 0 Å². The van der Waals surface area contributed by atoms with E-state index in [1.807, 2.05) is 27.7 Å². The van der Waals surface area contributed by atoms with Crippen molar-refractivity contribution < 1.29 is 4.74 Å². The molecule has 0 fully saturated rings. The molecule has 0 aliphatic carbocycles. The van der Waals surface area contributed by atoms with Crippen LogP contribution in [0.5, 0.6) is 0 Å². The highest BCUT2D eigenvalue weighted by Gasteiger charge is 1.94. The van der Waals surface area contributed by atoms with Crippen molar-refractivity contribution >= 4 is 0 Å². The Morgan fingerprint density at radius 3 is 1.86 bits per heavy atom. The Balaban J connectivity index is -0.000000266. The molecule has 0 amide bonds. The topological polar surface area (TPSA) is 12.5 Å². The molecule has 0 heterocycles. The SMILES string of the molecule is CC.CC.CCCCN(C)CCOC. The van der Waals surface area contributed by atoms with Crippen molar-refractivity contribution in [3.63, 3.8) is 0 Å². The normalized spacial score (nSPS) is 8.57. The minimum absolute atomic E-state index is 0.847. The maximum Gasteiger partial charge on any atom is 0.0589 e. The summed E-state index contributed by atoms with van der Waals surface area (Å²) in [5.41, 5.74) is 0. The maximum atomic E-state index is 4.95.